The predicted octanol–water partition coefficient (Wildman–Crippen LogP) is 2.76. The Morgan fingerprint density at radius 3 is 3.00 bits per heavy atom. The van der Waals surface area contributed by atoms with Crippen LogP contribution in [0, 0.1) is 0 Å². The van der Waals surface area contributed by atoms with Gasteiger partial charge in [0, 0.05) is 18.6 Å². The van der Waals surface area contributed by atoms with Crippen molar-refractivity contribution in [1.82, 2.24) is 15.2 Å². The number of nitrogens with one attached hydrogen (secondary N) is 1. The number of hydrogen-bond acceptors (Lipinski definition) is 4. The monoisotopic (exact) mass is 273 g/mol. The summed E-state index contributed by atoms with van der Waals surface area (Å²) < 4.78 is 0.780. The van der Waals surface area contributed by atoms with Crippen LogP contribution in [-0.2, 0) is 6.54 Å². The van der Waals surface area contributed by atoms with Crippen molar-refractivity contribution in [3.8, 4) is 0 Å². The fraction of sp³-hybridized carbons (Fsp3) is 0.750. The molecule has 1 fully saturated rings. The molecule has 0 aliphatic carbocycles. The van der Waals surface area contributed by atoms with Gasteiger partial charge in [-0.25, -0.2) is 4.98 Å². The molecule has 1 aromatic heterocycles. The van der Waals surface area contributed by atoms with E-state index in [1.807, 2.05) is 0 Å². The summed E-state index contributed by atoms with van der Waals surface area (Å²) in [7, 11) is 0. The Balaban J connectivity index is 1.92. The predicted molar refractivity (Wildman–Crippen MR) is 73.7 cm³/mol. The maximum Gasteiger partial charge on any atom is 0.113 e. The summed E-state index contributed by atoms with van der Waals surface area (Å²) >= 11 is 7.50. The van der Waals surface area contributed by atoms with Gasteiger partial charge in [-0.1, -0.05) is 11.6 Å². The minimum absolute atomic E-state index is 0.542. The van der Waals surface area contributed by atoms with Crippen LogP contribution < -0.4 is 5.32 Å². The largest absolute Gasteiger partial charge is 0.313 e. The zero-order valence-corrected chi connectivity index (χ0v) is 12.0. The van der Waals surface area contributed by atoms with Crippen LogP contribution in [0.15, 0.2) is 6.20 Å². The lowest BCUT2D eigenvalue weighted by Crippen LogP contribution is -2.40. The standard InChI is InChI=1S/C12H20ClN3S/c1-9(2)16(7-10-4-3-5-14-10)8-12-15-6-11(13)17-12/h6,9-10,14H,3-5,7-8H2,1-2H3. The van der Waals surface area contributed by atoms with E-state index in [4.69, 9.17) is 11.6 Å². The van der Waals surface area contributed by atoms with Gasteiger partial charge >= 0.3 is 0 Å². The van der Waals surface area contributed by atoms with E-state index >= 15 is 0 Å². The van der Waals surface area contributed by atoms with E-state index < -0.39 is 0 Å². The van der Waals surface area contributed by atoms with Crippen molar-refractivity contribution >= 4 is 22.9 Å². The molecule has 0 radical (unpaired) electrons. The molecule has 1 atom stereocenters. The smallest absolute Gasteiger partial charge is 0.113 e. The van der Waals surface area contributed by atoms with Gasteiger partial charge in [0.05, 0.1) is 12.7 Å². The molecule has 2 heterocycles. The van der Waals surface area contributed by atoms with E-state index in [-0.39, 0.29) is 0 Å². The molecule has 2 rings (SSSR count). The lowest BCUT2D eigenvalue weighted by Gasteiger charge is -2.28. The molecule has 1 aromatic rings. The summed E-state index contributed by atoms with van der Waals surface area (Å²) in [6.07, 6.45) is 4.34. The maximum absolute atomic E-state index is 5.92. The topological polar surface area (TPSA) is 28.2 Å². The quantitative estimate of drug-likeness (QED) is 0.894. The van der Waals surface area contributed by atoms with E-state index in [9.17, 15) is 0 Å². The fourth-order valence-corrected chi connectivity index (χ4v) is 3.17. The molecule has 1 unspecified atom stereocenters. The molecule has 1 aliphatic rings. The number of rotatable bonds is 5. The van der Waals surface area contributed by atoms with Crippen molar-refractivity contribution in [3.63, 3.8) is 0 Å². The van der Waals surface area contributed by atoms with E-state index in [1.165, 1.54) is 19.4 Å². The lowest BCUT2D eigenvalue weighted by atomic mass is 10.2. The van der Waals surface area contributed by atoms with Crippen LogP contribution in [0.3, 0.4) is 0 Å². The molecule has 1 aliphatic heterocycles. The van der Waals surface area contributed by atoms with Gasteiger partial charge in [-0.3, -0.25) is 4.90 Å². The molecule has 1 saturated heterocycles. The minimum atomic E-state index is 0.542. The molecular formula is C12H20ClN3S. The van der Waals surface area contributed by atoms with Gasteiger partial charge in [-0.05, 0) is 33.2 Å². The van der Waals surface area contributed by atoms with Crippen LogP contribution in [0.2, 0.25) is 4.34 Å². The van der Waals surface area contributed by atoms with E-state index in [1.54, 1.807) is 17.5 Å². The van der Waals surface area contributed by atoms with Gasteiger partial charge in [0.2, 0.25) is 0 Å². The van der Waals surface area contributed by atoms with Crippen molar-refractivity contribution < 1.29 is 0 Å². The number of hydrogen-bond donors (Lipinski definition) is 1. The third-order valence-corrected chi connectivity index (χ3v) is 4.31. The zero-order chi connectivity index (χ0) is 12.3. The molecule has 0 spiro atoms. The Hall–Kier alpha value is -0.160. The van der Waals surface area contributed by atoms with Gasteiger partial charge in [0.1, 0.15) is 9.34 Å². The maximum atomic E-state index is 5.92. The van der Waals surface area contributed by atoms with Crippen molar-refractivity contribution in [2.24, 2.45) is 0 Å². The second kappa shape index (κ2) is 6.14. The SMILES string of the molecule is CC(C)N(Cc1ncc(Cl)s1)CC1CCCN1. The third kappa shape index (κ3) is 3.91. The van der Waals surface area contributed by atoms with Crippen LogP contribution in [0.4, 0.5) is 0 Å². The van der Waals surface area contributed by atoms with Gasteiger partial charge < -0.3 is 5.32 Å². The first-order valence-electron chi connectivity index (χ1n) is 6.23. The van der Waals surface area contributed by atoms with Crippen molar-refractivity contribution in [2.45, 2.75) is 45.3 Å². The highest BCUT2D eigenvalue weighted by Gasteiger charge is 2.20. The van der Waals surface area contributed by atoms with E-state index in [0.717, 1.165) is 22.4 Å². The molecule has 1 N–H and O–H groups in total. The molecule has 0 aromatic carbocycles. The number of halogens is 1. The Morgan fingerprint density at radius 1 is 1.65 bits per heavy atom. The highest BCUT2D eigenvalue weighted by atomic mass is 35.5. The second-order valence-electron chi connectivity index (χ2n) is 4.87. The summed E-state index contributed by atoms with van der Waals surface area (Å²) in [5.74, 6) is 0. The number of nitrogens with zero attached hydrogens (tertiary/aromatic N) is 2. The molecule has 5 heteroatoms. The van der Waals surface area contributed by atoms with Crippen molar-refractivity contribution in [1.29, 1.82) is 0 Å². The first-order chi connectivity index (χ1) is 8.15. The lowest BCUT2D eigenvalue weighted by molar-refractivity contribution is 0.194. The molecule has 0 amide bonds. The van der Waals surface area contributed by atoms with Gasteiger partial charge in [-0.15, -0.1) is 11.3 Å². The highest BCUT2D eigenvalue weighted by molar-refractivity contribution is 7.15. The van der Waals surface area contributed by atoms with E-state index in [0.29, 0.717) is 12.1 Å². The second-order valence-corrected chi connectivity index (χ2v) is 6.62. The van der Waals surface area contributed by atoms with Crippen molar-refractivity contribution in [3.05, 3.63) is 15.5 Å². The van der Waals surface area contributed by atoms with Crippen LogP contribution in [-0.4, -0.2) is 35.1 Å². The molecule has 17 heavy (non-hydrogen) atoms. The van der Waals surface area contributed by atoms with Crippen LogP contribution >= 0.6 is 22.9 Å². The van der Waals surface area contributed by atoms with Crippen molar-refractivity contribution in [2.75, 3.05) is 13.1 Å². The Labute approximate surface area is 112 Å². The first kappa shape index (κ1) is 13.3. The van der Waals surface area contributed by atoms with Crippen LogP contribution in [0.25, 0.3) is 0 Å². The van der Waals surface area contributed by atoms with Gasteiger partial charge in [0.25, 0.3) is 0 Å². The Morgan fingerprint density at radius 2 is 2.47 bits per heavy atom. The summed E-state index contributed by atoms with van der Waals surface area (Å²) in [6, 6.07) is 1.19. The molecule has 96 valence electrons. The Bertz CT molecular complexity index is 347. The average molecular weight is 274 g/mol. The summed E-state index contributed by atoms with van der Waals surface area (Å²) in [5.41, 5.74) is 0. The van der Waals surface area contributed by atoms with Gasteiger partial charge in [0.15, 0.2) is 0 Å². The molecule has 3 nitrogen and oxygen atoms in total. The fourth-order valence-electron chi connectivity index (χ4n) is 2.19. The number of thiazole rings is 1. The summed E-state index contributed by atoms with van der Waals surface area (Å²) in [5, 5.41) is 4.66. The van der Waals surface area contributed by atoms with Crippen LogP contribution in [0.1, 0.15) is 31.7 Å². The first-order valence-corrected chi connectivity index (χ1v) is 7.42. The van der Waals surface area contributed by atoms with Gasteiger partial charge in [-0.2, -0.15) is 0 Å². The zero-order valence-electron chi connectivity index (χ0n) is 10.4. The average Bonchev–Trinajstić information content (AvgIpc) is 2.89. The Kier molecular flexibility index (Phi) is 4.79. The third-order valence-electron chi connectivity index (χ3n) is 3.21. The summed E-state index contributed by atoms with van der Waals surface area (Å²) in [4.78, 5) is 6.81. The highest BCUT2D eigenvalue weighted by Crippen LogP contribution is 2.21. The normalized spacial score (nSPS) is 20.6. The summed E-state index contributed by atoms with van der Waals surface area (Å²) in [6.45, 7) is 7.66. The molecule has 0 bridgehead atoms. The van der Waals surface area contributed by atoms with Crippen LogP contribution in [0.5, 0.6) is 0 Å². The molecule has 0 saturated carbocycles. The number of aromatic nitrogens is 1. The van der Waals surface area contributed by atoms with E-state index in [2.05, 4.69) is 29.0 Å². The molecular weight excluding hydrogens is 254 g/mol. The minimum Gasteiger partial charge on any atom is -0.313 e.